The van der Waals surface area contributed by atoms with Gasteiger partial charge in [0.05, 0.1) is 7.11 Å². The van der Waals surface area contributed by atoms with E-state index >= 15 is 0 Å². The Morgan fingerprint density at radius 3 is 2.46 bits per heavy atom. The van der Waals surface area contributed by atoms with Crippen molar-refractivity contribution < 1.29 is 23.1 Å². The third-order valence-corrected chi connectivity index (χ3v) is 5.90. The molecular weight excluding hydrogens is 314 g/mol. The minimum atomic E-state index is -0.719. The number of ketones is 1. The minimum Gasteiger partial charge on any atom is -0.469 e. The largest absolute Gasteiger partial charge is 0.469 e. The molecule has 0 amide bonds. The zero-order valence-electron chi connectivity index (χ0n) is 13.8. The van der Waals surface area contributed by atoms with Crippen molar-refractivity contribution in [2.24, 2.45) is 17.3 Å². The molecule has 2 saturated carbocycles. The van der Waals surface area contributed by atoms with Gasteiger partial charge in [-0.25, -0.2) is 8.78 Å². The molecule has 24 heavy (non-hydrogen) atoms. The summed E-state index contributed by atoms with van der Waals surface area (Å²) in [5.41, 5.74) is -0.370. The van der Waals surface area contributed by atoms with Crippen LogP contribution in [0.15, 0.2) is 18.2 Å². The first kappa shape index (κ1) is 17.1. The van der Waals surface area contributed by atoms with E-state index in [-0.39, 0.29) is 23.2 Å². The molecule has 3 unspecified atom stereocenters. The molecule has 0 aromatic heterocycles. The molecular formula is C19H22F2O3. The van der Waals surface area contributed by atoms with Crippen molar-refractivity contribution in [3.63, 3.8) is 0 Å². The number of methoxy groups -OCH3 is 1. The fraction of sp³-hybridized carbons (Fsp3) is 0.579. The smallest absolute Gasteiger partial charge is 0.305 e. The third-order valence-electron chi connectivity index (χ3n) is 5.90. The van der Waals surface area contributed by atoms with E-state index in [0.29, 0.717) is 18.8 Å². The number of halogens is 2. The number of hydrogen-bond donors (Lipinski definition) is 0. The second-order valence-electron chi connectivity index (χ2n) is 7.06. The van der Waals surface area contributed by atoms with Crippen LogP contribution < -0.4 is 0 Å². The first-order valence-electron chi connectivity index (χ1n) is 8.54. The number of Topliss-reactive ketones (excluding diaryl/α,β-unsaturated/α-hetero) is 1. The number of hydrogen-bond acceptors (Lipinski definition) is 3. The number of fused-ring (bicyclic) bond motifs is 1. The van der Waals surface area contributed by atoms with Gasteiger partial charge in [-0.2, -0.15) is 0 Å². The lowest BCUT2D eigenvalue weighted by atomic mass is 9.47. The molecule has 3 atom stereocenters. The molecule has 0 heterocycles. The van der Waals surface area contributed by atoms with Crippen LogP contribution in [-0.4, -0.2) is 18.9 Å². The van der Waals surface area contributed by atoms with E-state index < -0.39 is 17.0 Å². The average molecular weight is 336 g/mol. The highest BCUT2D eigenvalue weighted by atomic mass is 19.1. The van der Waals surface area contributed by atoms with Gasteiger partial charge in [-0.3, -0.25) is 9.59 Å². The summed E-state index contributed by atoms with van der Waals surface area (Å²) in [6.45, 7) is 0. The molecule has 0 saturated heterocycles. The summed E-state index contributed by atoms with van der Waals surface area (Å²) in [6.07, 6.45) is 5.45. The molecule has 0 radical (unpaired) electrons. The first-order valence-corrected chi connectivity index (χ1v) is 8.54. The van der Waals surface area contributed by atoms with Gasteiger partial charge >= 0.3 is 5.97 Å². The standard InChI is InChI=1S/C19H22F2O3/c1-24-17(22)5-4-12-3-2-7-19(8-6-16(12)19)18(23)13-9-14(20)11-15(21)10-13/h9-12,16H,2-8H2,1H3. The quantitative estimate of drug-likeness (QED) is 0.595. The van der Waals surface area contributed by atoms with Gasteiger partial charge in [0.2, 0.25) is 0 Å². The molecule has 5 heteroatoms. The van der Waals surface area contributed by atoms with Crippen molar-refractivity contribution in [1.29, 1.82) is 0 Å². The Morgan fingerprint density at radius 1 is 1.17 bits per heavy atom. The Hall–Kier alpha value is -1.78. The highest BCUT2D eigenvalue weighted by Gasteiger charge is 2.56. The van der Waals surface area contributed by atoms with Crippen LogP contribution in [0.3, 0.4) is 0 Å². The van der Waals surface area contributed by atoms with Crippen LogP contribution >= 0.6 is 0 Å². The maximum atomic E-state index is 13.5. The molecule has 2 aliphatic rings. The van der Waals surface area contributed by atoms with E-state index in [9.17, 15) is 18.4 Å². The predicted octanol–water partition coefficient (Wildman–Crippen LogP) is 4.30. The highest BCUT2D eigenvalue weighted by molar-refractivity contribution is 6.01. The van der Waals surface area contributed by atoms with Gasteiger partial charge < -0.3 is 4.74 Å². The molecule has 130 valence electrons. The minimum absolute atomic E-state index is 0.130. The SMILES string of the molecule is COC(=O)CCC1CCCC2(C(=O)c3cc(F)cc(F)c3)CCC12. The lowest BCUT2D eigenvalue weighted by molar-refractivity contribution is -0.141. The van der Waals surface area contributed by atoms with Crippen molar-refractivity contribution in [2.45, 2.75) is 44.9 Å². The van der Waals surface area contributed by atoms with Crippen molar-refractivity contribution in [2.75, 3.05) is 7.11 Å². The highest BCUT2D eigenvalue weighted by Crippen LogP contribution is 2.60. The lowest BCUT2D eigenvalue weighted by Crippen LogP contribution is -2.52. The van der Waals surface area contributed by atoms with Gasteiger partial charge in [-0.05, 0) is 49.7 Å². The van der Waals surface area contributed by atoms with E-state index in [1.54, 1.807) is 0 Å². The van der Waals surface area contributed by atoms with Gasteiger partial charge in [-0.1, -0.05) is 12.8 Å². The zero-order valence-corrected chi connectivity index (χ0v) is 13.8. The molecule has 2 aliphatic carbocycles. The van der Waals surface area contributed by atoms with Crippen LogP contribution in [0.1, 0.15) is 55.3 Å². The van der Waals surface area contributed by atoms with Crippen molar-refractivity contribution in [1.82, 2.24) is 0 Å². The van der Waals surface area contributed by atoms with Crippen LogP contribution in [0.4, 0.5) is 8.78 Å². The first-order chi connectivity index (χ1) is 11.5. The Labute approximate surface area is 140 Å². The zero-order chi connectivity index (χ0) is 17.3. The summed E-state index contributed by atoms with van der Waals surface area (Å²) < 4.78 is 31.7. The average Bonchev–Trinajstić information content (AvgIpc) is 2.52. The maximum absolute atomic E-state index is 13.5. The second-order valence-corrected chi connectivity index (χ2v) is 7.06. The summed E-state index contributed by atoms with van der Waals surface area (Å²) in [7, 11) is 1.37. The molecule has 0 N–H and O–H groups in total. The third kappa shape index (κ3) is 2.96. The van der Waals surface area contributed by atoms with Gasteiger partial charge in [0, 0.05) is 23.5 Å². The van der Waals surface area contributed by atoms with Crippen LogP contribution in [-0.2, 0) is 9.53 Å². The summed E-state index contributed by atoms with van der Waals surface area (Å²) in [6, 6.07) is 3.05. The van der Waals surface area contributed by atoms with Crippen LogP contribution in [0, 0.1) is 28.9 Å². The maximum Gasteiger partial charge on any atom is 0.305 e. The van der Waals surface area contributed by atoms with E-state index in [4.69, 9.17) is 4.74 Å². The van der Waals surface area contributed by atoms with Crippen LogP contribution in [0.5, 0.6) is 0 Å². The van der Waals surface area contributed by atoms with Crippen molar-refractivity contribution in [3.05, 3.63) is 35.4 Å². The number of carbonyl (C=O) groups excluding carboxylic acids is 2. The van der Waals surface area contributed by atoms with E-state index in [2.05, 4.69) is 0 Å². The number of esters is 1. The summed E-state index contributed by atoms with van der Waals surface area (Å²) >= 11 is 0. The second kappa shape index (κ2) is 6.61. The van der Waals surface area contributed by atoms with Crippen molar-refractivity contribution in [3.8, 4) is 0 Å². The van der Waals surface area contributed by atoms with Crippen LogP contribution in [0.2, 0.25) is 0 Å². The molecule has 3 nitrogen and oxygen atoms in total. The summed E-state index contributed by atoms with van der Waals surface area (Å²) in [5, 5.41) is 0. The summed E-state index contributed by atoms with van der Waals surface area (Å²) in [5.74, 6) is -1.31. The Balaban J connectivity index is 1.78. The molecule has 0 aliphatic heterocycles. The lowest BCUT2D eigenvalue weighted by Gasteiger charge is -2.55. The normalized spacial score (nSPS) is 28.6. The van der Waals surface area contributed by atoms with Gasteiger partial charge in [0.25, 0.3) is 0 Å². The molecule has 2 fully saturated rings. The van der Waals surface area contributed by atoms with E-state index in [1.807, 2.05) is 0 Å². The topological polar surface area (TPSA) is 43.4 Å². The monoisotopic (exact) mass is 336 g/mol. The fourth-order valence-electron chi connectivity index (χ4n) is 4.66. The van der Waals surface area contributed by atoms with E-state index in [0.717, 1.165) is 50.3 Å². The predicted molar refractivity (Wildman–Crippen MR) is 84.4 cm³/mol. The Bertz CT molecular complexity index is 638. The molecule has 1 aromatic rings. The molecule has 0 bridgehead atoms. The van der Waals surface area contributed by atoms with Crippen molar-refractivity contribution >= 4 is 11.8 Å². The molecule has 3 rings (SSSR count). The van der Waals surface area contributed by atoms with E-state index in [1.165, 1.54) is 7.11 Å². The Morgan fingerprint density at radius 2 is 1.88 bits per heavy atom. The van der Waals surface area contributed by atoms with Crippen LogP contribution in [0.25, 0.3) is 0 Å². The summed E-state index contributed by atoms with van der Waals surface area (Å²) in [4.78, 5) is 24.4. The number of ether oxygens (including phenoxy) is 1. The molecule has 1 aromatic carbocycles. The number of carbonyl (C=O) groups is 2. The molecule has 0 spiro atoms. The number of benzene rings is 1. The number of rotatable bonds is 5. The van der Waals surface area contributed by atoms with Gasteiger partial charge in [-0.15, -0.1) is 0 Å². The van der Waals surface area contributed by atoms with Gasteiger partial charge in [0.1, 0.15) is 11.6 Å². The van der Waals surface area contributed by atoms with Gasteiger partial charge in [0.15, 0.2) is 5.78 Å². The Kier molecular flexibility index (Phi) is 4.70. The fourth-order valence-corrected chi connectivity index (χ4v) is 4.66.